The van der Waals surface area contributed by atoms with Crippen molar-refractivity contribution in [3.05, 3.63) is 0 Å². The lowest BCUT2D eigenvalue weighted by Crippen LogP contribution is -2.27. The number of carbonyl (C=O) groups is 2. The van der Waals surface area contributed by atoms with E-state index >= 15 is 0 Å². The number of esters is 1. The predicted molar refractivity (Wildman–Crippen MR) is 47.1 cm³/mol. The molecule has 4 nitrogen and oxygen atoms in total. The Kier molecular flexibility index (Phi) is 3.73. The molecule has 1 saturated heterocycles. The summed E-state index contributed by atoms with van der Waals surface area (Å²) in [5.74, 6) is -0.0634. The van der Waals surface area contributed by atoms with Crippen LogP contribution >= 0.6 is 0 Å². The van der Waals surface area contributed by atoms with E-state index in [1.807, 2.05) is 0 Å². The lowest BCUT2D eigenvalue weighted by atomic mass is 10.4. The Morgan fingerprint density at radius 3 is 2.92 bits per heavy atom. The molecule has 0 unspecified atom stereocenters. The number of ether oxygens (including phenoxy) is 1. The lowest BCUT2D eigenvalue weighted by molar-refractivity contribution is -0.143. The molecule has 0 aromatic rings. The number of rotatable bonds is 4. The van der Waals surface area contributed by atoms with Gasteiger partial charge in [-0.25, -0.2) is 0 Å². The minimum Gasteiger partial charge on any atom is -0.466 e. The zero-order chi connectivity index (χ0) is 9.68. The smallest absolute Gasteiger partial charge is 0.307 e. The van der Waals surface area contributed by atoms with Crippen LogP contribution in [0.15, 0.2) is 0 Å². The van der Waals surface area contributed by atoms with Gasteiger partial charge in [-0.05, 0) is 13.3 Å². The van der Waals surface area contributed by atoms with Gasteiger partial charge >= 0.3 is 5.97 Å². The van der Waals surface area contributed by atoms with Crippen LogP contribution in [-0.4, -0.2) is 36.5 Å². The predicted octanol–water partition coefficient (Wildman–Crippen LogP) is 0.562. The Morgan fingerprint density at radius 2 is 2.38 bits per heavy atom. The summed E-state index contributed by atoms with van der Waals surface area (Å²) in [6.07, 6.45) is 1.87. The Balaban J connectivity index is 2.18. The number of nitrogens with zero attached hydrogens (tertiary/aromatic N) is 1. The average molecular weight is 185 g/mol. The van der Waals surface area contributed by atoms with E-state index in [1.165, 1.54) is 0 Å². The van der Waals surface area contributed by atoms with E-state index in [9.17, 15) is 9.59 Å². The van der Waals surface area contributed by atoms with Crippen molar-refractivity contribution in [2.24, 2.45) is 0 Å². The molecule has 0 N–H and O–H groups in total. The van der Waals surface area contributed by atoms with Crippen molar-refractivity contribution in [1.29, 1.82) is 0 Å². The lowest BCUT2D eigenvalue weighted by Gasteiger charge is -2.14. The topological polar surface area (TPSA) is 46.6 Å². The molecular weight excluding hydrogens is 170 g/mol. The van der Waals surface area contributed by atoms with Crippen LogP contribution in [-0.2, 0) is 14.3 Å². The molecule has 4 heteroatoms. The second-order valence-electron chi connectivity index (χ2n) is 3.04. The molecule has 1 aliphatic rings. The number of likely N-dealkylation sites (tertiary alicyclic amines) is 1. The van der Waals surface area contributed by atoms with Crippen LogP contribution in [0.1, 0.15) is 26.2 Å². The summed E-state index contributed by atoms with van der Waals surface area (Å²) in [6.45, 7) is 3.49. The molecule has 1 fully saturated rings. The van der Waals surface area contributed by atoms with Crippen LogP contribution in [0.25, 0.3) is 0 Å². The standard InChI is InChI=1S/C9H15NO3/c1-2-13-9(12)5-7-10-6-3-4-8(10)11/h2-7H2,1H3. The van der Waals surface area contributed by atoms with Crippen LogP contribution in [0.4, 0.5) is 0 Å². The summed E-state index contributed by atoms with van der Waals surface area (Å²) in [6, 6.07) is 0. The van der Waals surface area contributed by atoms with Crippen LogP contribution in [0.2, 0.25) is 0 Å². The third-order valence-corrected chi connectivity index (χ3v) is 2.06. The van der Waals surface area contributed by atoms with Crippen LogP contribution in [0.3, 0.4) is 0 Å². The molecule has 1 amide bonds. The molecule has 0 bridgehead atoms. The Bertz CT molecular complexity index is 203. The second-order valence-corrected chi connectivity index (χ2v) is 3.04. The summed E-state index contributed by atoms with van der Waals surface area (Å²) < 4.78 is 4.76. The van der Waals surface area contributed by atoms with Gasteiger partial charge in [-0.15, -0.1) is 0 Å². The molecule has 74 valence electrons. The summed E-state index contributed by atoms with van der Waals surface area (Å²) in [5, 5.41) is 0. The van der Waals surface area contributed by atoms with Crippen molar-refractivity contribution in [3.63, 3.8) is 0 Å². The van der Waals surface area contributed by atoms with Crippen LogP contribution in [0.5, 0.6) is 0 Å². The van der Waals surface area contributed by atoms with Crippen molar-refractivity contribution in [3.8, 4) is 0 Å². The first-order valence-corrected chi connectivity index (χ1v) is 4.67. The molecule has 1 aliphatic heterocycles. The molecule has 0 radical (unpaired) electrons. The maximum absolute atomic E-state index is 11.1. The highest BCUT2D eigenvalue weighted by Crippen LogP contribution is 2.09. The monoisotopic (exact) mass is 185 g/mol. The van der Waals surface area contributed by atoms with E-state index in [1.54, 1.807) is 11.8 Å². The van der Waals surface area contributed by atoms with E-state index in [4.69, 9.17) is 4.74 Å². The molecular formula is C9H15NO3. The zero-order valence-corrected chi connectivity index (χ0v) is 7.91. The zero-order valence-electron chi connectivity index (χ0n) is 7.91. The van der Waals surface area contributed by atoms with Gasteiger partial charge < -0.3 is 9.64 Å². The third-order valence-electron chi connectivity index (χ3n) is 2.06. The number of amides is 1. The van der Waals surface area contributed by atoms with E-state index < -0.39 is 0 Å². The van der Waals surface area contributed by atoms with Crippen molar-refractivity contribution in [2.45, 2.75) is 26.2 Å². The van der Waals surface area contributed by atoms with Crippen LogP contribution in [0, 0.1) is 0 Å². The minimum absolute atomic E-state index is 0.157. The normalized spacial score (nSPS) is 16.4. The molecule has 0 atom stereocenters. The molecule has 0 aliphatic carbocycles. The van der Waals surface area contributed by atoms with Gasteiger partial charge in [0.1, 0.15) is 0 Å². The first-order valence-electron chi connectivity index (χ1n) is 4.67. The molecule has 0 saturated carbocycles. The third kappa shape index (κ3) is 3.05. The fourth-order valence-electron chi connectivity index (χ4n) is 1.40. The molecule has 13 heavy (non-hydrogen) atoms. The van der Waals surface area contributed by atoms with Gasteiger partial charge in [-0.2, -0.15) is 0 Å². The fraction of sp³-hybridized carbons (Fsp3) is 0.778. The van der Waals surface area contributed by atoms with Gasteiger partial charge in [0.25, 0.3) is 0 Å². The molecule has 1 heterocycles. The van der Waals surface area contributed by atoms with E-state index in [2.05, 4.69) is 0 Å². The Hall–Kier alpha value is -1.06. The van der Waals surface area contributed by atoms with Gasteiger partial charge in [0.15, 0.2) is 0 Å². The Morgan fingerprint density at radius 1 is 1.62 bits per heavy atom. The molecule has 1 rings (SSSR count). The van der Waals surface area contributed by atoms with Crippen molar-refractivity contribution < 1.29 is 14.3 Å². The largest absolute Gasteiger partial charge is 0.466 e. The summed E-state index contributed by atoms with van der Waals surface area (Å²) >= 11 is 0. The molecule has 0 aromatic carbocycles. The van der Waals surface area contributed by atoms with E-state index in [-0.39, 0.29) is 11.9 Å². The maximum Gasteiger partial charge on any atom is 0.307 e. The van der Waals surface area contributed by atoms with Crippen LogP contribution < -0.4 is 0 Å². The summed E-state index contributed by atoms with van der Waals surface area (Å²) in [5.41, 5.74) is 0. The molecule has 0 spiro atoms. The van der Waals surface area contributed by atoms with Gasteiger partial charge in [-0.3, -0.25) is 9.59 Å². The number of carbonyl (C=O) groups excluding carboxylic acids is 2. The first-order chi connectivity index (χ1) is 6.24. The van der Waals surface area contributed by atoms with E-state index in [0.29, 0.717) is 26.0 Å². The molecule has 0 aromatic heterocycles. The highest BCUT2D eigenvalue weighted by atomic mass is 16.5. The highest BCUT2D eigenvalue weighted by Gasteiger charge is 2.20. The summed E-state index contributed by atoms with van der Waals surface area (Å²) in [7, 11) is 0. The quantitative estimate of drug-likeness (QED) is 0.601. The van der Waals surface area contributed by atoms with Gasteiger partial charge in [0, 0.05) is 19.5 Å². The Labute approximate surface area is 77.8 Å². The van der Waals surface area contributed by atoms with Gasteiger partial charge in [0.05, 0.1) is 13.0 Å². The van der Waals surface area contributed by atoms with Crippen molar-refractivity contribution in [1.82, 2.24) is 4.90 Å². The van der Waals surface area contributed by atoms with E-state index in [0.717, 1.165) is 13.0 Å². The van der Waals surface area contributed by atoms with Gasteiger partial charge in [0.2, 0.25) is 5.91 Å². The summed E-state index contributed by atoms with van der Waals surface area (Å²) in [4.78, 5) is 23.8. The maximum atomic E-state index is 11.1. The highest BCUT2D eigenvalue weighted by molar-refractivity contribution is 5.78. The van der Waals surface area contributed by atoms with Crippen molar-refractivity contribution >= 4 is 11.9 Å². The fourth-order valence-corrected chi connectivity index (χ4v) is 1.40. The number of hydrogen-bond donors (Lipinski definition) is 0. The van der Waals surface area contributed by atoms with Gasteiger partial charge in [-0.1, -0.05) is 0 Å². The first kappa shape index (κ1) is 10.0. The van der Waals surface area contributed by atoms with Crippen molar-refractivity contribution in [2.75, 3.05) is 19.7 Å². The average Bonchev–Trinajstić information content (AvgIpc) is 2.48. The second kappa shape index (κ2) is 4.84. The number of hydrogen-bond acceptors (Lipinski definition) is 3. The minimum atomic E-state index is -0.220. The SMILES string of the molecule is CCOC(=O)CCN1CCCC1=O.